The molecule has 8 heteroatoms. The topological polar surface area (TPSA) is 33.6 Å². The molecule has 0 spiro atoms. The molecule has 0 saturated carbocycles. The SMILES string of the molecule is C1=CONN=C1.Clc1ccc(C(c2ccc(Cl)cc2)C(Cl)(Cl)Cl)cc1. The second-order valence-electron chi connectivity index (χ2n) is 4.89. The first-order valence-corrected chi connectivity index (χ1v) is 8.93. The van der Waals surface area contributed by atoms with Gasteiger partial charge < -0.3 is 4.84 Å². The minimum atomic E-state index is -1.46. The van der Waals surface area contributed by atoms with Crippen LogP contribution >= 0.6 is 58.0 Å². The number of nitrogens with zero attached hydrogens (tertiary/aromatic N) is 1. The molecular weight excluding hydrogens is 425 g/mol. The van der Waals surface area contributed by atoms with Crippen molar-refractivity contribution < 1.29 is 4.84 Å². The molecule has 132 valence electrons. The zero-order valence-corrected chi connectivity index (χ0v) is 16.5. The maximum Gasteiger partial charge on any atom is 0.201 e. The molecule has 2 aromatic carbocycles. The van der Waals surface area contributed by atoms with Gasteiger partial charge in [-0.25, -0.2) is 0 Å². The predicted octanol–water partition coefficient (Wildman–Crippen LogP) is 6.52. The number of nitrogens with one attached hydrogen (secondary N) is 1. The van der Waals surface area contributed by atoms with Crippen LogP contribution in [0.3, 0.4) is 0 Å². The minimum Gasteiger partial charge on any atom is -0.373 e. The van der Waals surface area contributed by atoms with Crippen molar-refractivity contribution in [2.75, 3.05) is 0 Å². The van der Waals surface area contributed by atoms with Crippen LogP contribution in [0.2, 0.25) is 10.0 Å². The van der Waals surface area contributed by atoms with Crippen LogP contribution in [0.4, 0.5) is 0 Å². The molecule has 0 atom stereocenters. The maximum atomic E-state index is 6.11. The zero-order chi connectivity index (χ0) is 18.3. The molecule has 0 amide bonds. The van der Waals surface area contributed by atoms with Gasteiger partial charge in [0, 0.05) is 10.0 Å². The van der Waals surface area contributed by atoms with Crippen molar-refractivity contribution in [2.24, 2.45) is 5.10 Å². The van der Waals surface area contributed by atoms with Crippen molar-refractivity contribution in [1.82, 2.24) is 5.59 Å². The molecule has 0 saturated heterocycles. The highest BCUT2D eigenvalue weighted by molar-refractivity contribution is 6.68. The number of allylic oxidation sites excluding steroid dienone is 1. The number of alkyl halides is 3. The summed E-state index contributed by atoms with van der Waals surface area (Å²) in [6.07, 6.45) is 4.80. The van der Waals surface area contributed by atoms with Crippen LogP contribution in [0.1, 0.15) is 17.0 Å². The highest BCUT2D eigenvalue weighted by Crippen LogP contribution is 2.45. The van der Waals surface area contributed by atoms with Gasteiger partial charge in [0.2, 0.25) is 3.79 Å². The molecule has 3 rings (SSSR count). The van der Waals surface area contributed by atoms with E-state index in [4.69, 9.17) is 58.0 Å². The lowest BCUT2D eigenvalue weighted by Gasteiger charge is -2.25. The van der Waals surface area contributed by atoms with Gasteiger partial charge in [0.15, 0.2) is 0 Å². The Balaban J connectivity index is 0.000000316. The summed E-state index contributed by atoms with van der Waals surface area (Å²) >= 11 is 30.1. The van der Waals surface area contributed by atoms with E-state index in [1.807, 2.05) is 24.3 Å². The molecule has 0 fully saturated rings. The van der Waals surface area contributed by atoms with Gasteiger partial charge in [0.05, 0.1) is 12.1 Å². The van der Waals surface area contributed by atoms with E-state index in [9.17, 15) is 0 Å². The minimum absolute atomic E-state index is 0.382. The highest BCUT2D eigenvalue weighted by atomic mass is 35.6. The molecule has 0 bridgehead atoms. The molecule has 1 aliphatic rings. The van der Waals surface area contributed by atoms with Crippen molar-refractivity contribution in [3.63, 3.8) is 0 Å². The van der Waals surface area contributed by atoms with E-state index in [1.165, 1.54) is 6.26 Å². The van der Waals surface area contributed by atoms with Gasteiger partial charge in [-0.3, -0.25) is 0 Å². The molecule has 1 N–H and O–H groups in total. The van der Waals surface area contributed by atoms with Crippen LogP contribution in [0.15, 0.2) is 66.0 Å². The van der Waals surface area contributed by atoms with Crippen molar-refractivity contribution in [3.8, 4) is 0 Å². The maximum absolute atomic E-state index is 6.11. The van der Waals surface area contributed by atoms with Crippen molar-refractivity contribution in [1.29, 1.82) is 0 Å². The Morgan fingerprint density at radius 1 is 0.840 bits per heavy atom. The predicted molar refractivity (Wildman–Crippen MR) is 107 cm³/mol. The third-order valence-electron chi connectivity index (χ3n) is 3.15. The van der Waals surface area contributed by atoms with Gasteiger partial charge in [0.1, 0.15) is 6.26 Å². The van der Waals surface area contributed by atoms with Gasteiger partial charge >= 0.3 is 0 Å². The van der Waals surface area contributed by atoms with E-state index in [2.05, 4.69) is 15.5 Å². The average Bonchev–Trinajstić information content (AvgIpc) is 2.60. The second-order valence-corrected chi connectivity index (χ2v) is 8.14. The fraction of sp³-hybridized carbons (Fsp3) is 0.118. The first-order valence-electron chi connectivity index (χ1n) is 7.04. The summed E-state index contributed by atoms with van der Waals surface area (Å²) in [4.78, 5) is 4.44. The smallest absolute Gasteiger partial charge is 0.201 e. The Morgan fingerprint density at radius 3 is 1.56 bits per heavy atom. The van der Waals surface area contributed by atoms with Crippen LogP contribution in [-0.4, -0.2) is 10.0 Å². The van der Waals surface area contributed by atoms with Gasteiger partial charge in [-0.1, -0.05) is 82.3 Å². The standard InChI is InChI=1S/C14H9Cl5.C3H4N2O/c15-11-5-1-9(2-6-11)13(14(17,18)19)10-3-7-12(16)8-4-10;1-2-4-5-6-3-1/h1-8,13H;1-3,5H. The van der Waals surface area contributed by atoms with Crippen LogP contribution in [0, 0.1) is 0 Å². The van der Waals surface area contributed by atoms with Gasteiger partial charge in [0.25, 0.3) is 0 Å². The third-order valence-corrected chi connectivity index (χ3v) is 4.31. The van der Waals surface area contributed by atoms with E-state index in [0.717, 1.165) is 11.1 Å². The molecule has 1 aliphatic heterocycles. The zero-order valence-electron chi connectivity index (χ0n) is 12.7. The normalized spacial score (nSPS) is 12.9. The number of rotatable bonds is 2. The van der Waals surface area contributed by atoms with Crippen molar-refractivity contribution in [3.05, 3.63) is 82.0 Å². The van der Waals surface area contributed by atoms with Crippen molar-refractivity contribution in [2.45, 2.75) is 9.71 Å². The number of hydrazone groups is 1. The molecule has 0 aliphatic carbocycles. The van der Waals surface area contributed by atoms with Crippen molar-refractivity contribution >= 4 is 64.2 Å². The number of hydrogen-bond donors (Lipinski definition) is 1. The van der Waals surface area contributed by atoms with E-state index >= 15 is 0 Å². The summed E-state index contributed by atoms with van der Waals surface area (Å²) in [5.41, 5.74) is 4.03. The average molecular weight is 439 g/mol. The highest BCUT2D eigenvalue weighted by Gasteiger charge is 2.35. The number of halogens is 5. The summed E-state index contributed by atoms with van der Waals surface area (Å²) in [5.74, 6) is -0.382. The Hall–Kier alpha value is -1.10. The summed E-state index contributed by atoms with van der Waals surface area (Å²) < 4.78 is -1.46. The monoisotopic (exact) mass is 436 g/mol. The molecule has 2 aromatic rings. The molecule has 1 heterocycles. The second kappa shape index (κ2) is 9.56. The van der Waals surface area contributed by atoms with E-state index in [0.29, 0.717) is 10.0 Å². The lowest BCUT2D eigenvalue weighted by atomic mass is 9.92. The van der Waals surface area contributed by atoms with Gasteiger partial charge in [-0.05, 0) is 41.5 Å². The Bertz CT molecular complexity index is 667. The molecule has 0 unspecified atom stereocenters. The molecule has 0 radical (unpaired) electrons. The Kier molecular flexibility index (Phi) is 7.73. The van der Waals surface area contributed by atoms with Crippen LogP contribution < -0.4 is 5.59 Å². The van der Waals surface area contributed by atoms with Crippen LogP contribution in [-0.2, 0) is 4.84 Å². The van der Waals surface area contributed by atoms with Crippen LogP contribution in [0.5, 0.6) is 0 Å². The largest absolute Gasteiger partial charge is 0.373 e. The molecular formula is C17H13Cl5N2O. The Morgan fingerprint density at radius 2 is 1.32 bits per heavy atom. The Labute approximate surface area is 171 Å². The summed E-state index contributed by atoms with van der Waals surface area (Å²) in [6, 6.07) is 14.5. The van der Waals surface area contributed by atoms with E-state index in [-0.39, 0.29) is 5.92 Å². The lowest BCUT2D eigenvalue weighted by molar-refractivity contribution is 0.136. The fourth-order valence-electron chi connectivity index (χ4n) is 2.09. The first kappa shape index (κ1) is 20.2. The van der Waals surface area contributed by atoms with Gasteiger partial charge in [-0.2, -0.15) is 5.10 Å². The molecule has 0 aromatic heterocycles. The lowest BCUT2D eigenvalue weighted by Crippen LogP contribution is -2.18. The number of benzene rings is 2. The third kappa shape index (κ3) is 6.61. The fourth-order valence-corrected chi connectivity index (χ4v) is 3.10. The van der Waals surface area contributed by atoms with E-state index in [1.54, 1.807) is 36.6 Å². The summed E-state index contributed by atoms with van der Waals surface area (Å²) in [7, 11) is 0. The summed E-state index contributed by atoms with van der Waals surface area (Å²) in [6.45, 7) is 0. The number of hydrogen-bond acceptors (Lipinski definition) is 3. The molecule has 3 nitrogen and oxygen atoms in total. The summed E-state index contributed by atoms with van der Waals surface area (Å²) in [5, 5.41) is 4.78. The first-order chi connectivity index (χ1) is 11.9. The van der Waals surface area contributed by atoms with E-state index < -0.39 is 3.79 Å². The quantitative estimate of drug-likeness (QED) is 0.542. The van der Waals surface area contributed by atoms with Crippen LogP contribution in [0.25, 0.3) is 0 Å². The van der Waals surface area contributed by atoms with Gasteiger partial charge in [-0.15, -0.1) is 5.59 Å². The molecule has 25 heavy (non-hydrogen) atoms.